The number of methoxy groups -OCH3 is 1. The summed E-state index contributed by atoms with van der Waals surface area (Å²) in [5.41, 5.74) is 1.15. The normalized spacial score (nSPS) is 13.1. The maximum atomic E-state index is 13.4. The third kappa shape index (κ3) is 6.12. The van der Waals surface area contributed by atoms with Crippen molar-refractivity contribution in [3.05, 3.63) is 75.1 Å². The smallest absolute Gasteiger partial charge is 0.413 e. The van der Waals surface area contributed by atoms with Gasteiger partial charge in [-0.25, -0.2) is 13.2 Å². The van der Waals surface area contributed by atoms with Gasteiger partial charge in [-0.3, -0.25) is 19.6 Å². The van der Waals surface area contributed by atoms with Crippen molar-refractivity contribution in [2.75, 3.05) is 17.1 Å². The number of ether oxygens (including phenoxy) is 1. The summed E-state index contributed by atoms with van der Waals surface area (Å²) in [6.07, 6.45) is 3.34. The van der Waals surface area contributed by atoms with Gasteiger partial charge in [0, 0.05) is 9.90 Å². The summed E-state index contributed by atoms with van der Waals surface area (Å²) in [5.74, 6) is -1.28. The first-order chi connectivity index (χ1) is 17.7. The molecular weight excluding hydrogens is 538 g/mol. The van der Waals surface area contributed by atoms with Crippen molar-refractivity contribution in [3.63, 3.8) is 0 Å². The average Bonchev–Trinajstić information content (AvgIpc) is 3.04. The molecule has 0 atom stereocenters. The average molecular weight is 562 g/mol. The topological polar surface area (TPSA) is 131 Å². The molecule has 1 heterocycles. The first-order valence-corrected chi connectivity index (χ1v) is 14.1. The van der Waals surface area contributed by atoms with Crippen LogP contribution in [-0.2, 0) is 27.6 Å². The Balaban J connectivity index is 1.65. The van der Waals surface area contributed by atoms with Crippen LogP contribution in [0.1, 0.15) is 50.4 Å². The van der Waals surface area contributed by atoms with Gasteiger partial charge in [0.05, 0.1) is 28.8 Å². The highest BCUT2D eigenvalue weighted by Gasteiger charge is 2.28. The maximum Gasteiger partial charge on any atom is 0.413 e. The molecular formula is C25H24ClN3O6S2. The highest BCUT2D eigenvalue weighted by atomic mass is 35.5. The van der Waals surface area contributed by atoms with E-state index in [9.17, 15) is 22.8 Å². The Hall–Kier alpha value is -3.41. The Morgan fingerprint density at radius 1 is 0.946 bits per heavy atom. The summed E-state index contributed by atoms with van der Waals surface area (Å²) in [6.45, 7) is 0. The quantitative estimate of drug-likeness (QED) is 0.354. The van der Waals surface area contributed by atoms with Gasteiger partial charge in [-0.05, 0) is 67.6 Å². The molecule has 1 aliphatic carbocycles. The molecule has 0 bridgehead atoms. The molecule has 0 radical (unpaired) electrons. The van der Waals surface area contributed by atoms with Crippen LogP contribution in [0.2, 0.25) is 5.02 Å². The highest BCUT2D eigenvalue weighted by Crippen LogP contribution is 2.38. The summed E-state index contributed by atoms with van der Waals surface area (Å²) >= 11 is 7.14. The molecule has 0 saturated heterocycles. The van der Waals surface area contributed by atoms with Crippen LogP contribution < -0.4 is 15.4 Å². The number of imide groups is 1. The van der Waals surface area contributed by atoms with Crippen LogP contribution in [-0.4, -0.2) is 33.4 Å². The minimum Gasteiger partial charge on any atom is -0.453 e. The number of nitrogens with one attached hydrogen (secondary N) is 3. The van der Waals surface area contributed by atoms with Gasteiger partial charge in [0.25, 0.3) is 21.8 Å². The number of amides is 3. The van der Waals surface area contributed by atoms with Gasteiger partial charge in [-0.1, -0.05) is 30.2 Å². The third-order valence-electron chi connectivity index (χ3n) is 5.82. The second-order valence-electron chi connectivity index (χ2n) is 8.27. The fourth-order valence-electron chi connectivity index (χ4n) is 4.04. The lowest BCUT2D eigenvalue weighted by Gasteiger charge is -2.13. The number of thiophene rings is 1. The van der Waals surface area contributed by atoms with E-state index in [1.807, 2.05) is 0 Å². The third-order valence-corrected chi connectivity index (χ3v) is 8.66. The van der Waals surface area contributed by atoms with Gasteiger partial charge in [0.15, 0.2) is 0 Å². The number of halogens is 1. The molecule has 0 saturated carbocycles. The van der Waals surface area contributed by atoms with Crippen LogP contribution in [0.4, 0.5) is 15.5 Å². The minimum absolute atomic E-state index is 0.0177. The summed E-state index contributed by atoms with van der Waals surface area (Å²) < 4.78 is 32.8. The molecule has 37 heavy (non-hydrogen) atoms. The molecule has 0 fully saturated rings. The Morgan fingerprint density at radius 3 is 2.38 bits per heavy atom. The number of alkyl carbamates (subject to hydrolysis) is 1. The van der Waals surface area contributed by atoms with Gasteiger partial charge in [-0.2, -0.15) is 0 Å². The standard InChI is InChI=1S/C25H24ClN3O6S2/c1-35-25(32)28-23(31)21-18-8-3-2-4-10-20(18)36-24(21)27-22(30)17-7-5-6-9-19(17)29-37(33,34)16-13-11-15(26)12-14-16/h5-7,9,11-14,29H,2-4,8,10H2,1H3,(H,27,30)(H,28,31,32). The van der Waals surface area contributed by atoms with Crippen LogP contribution >= 0.6 is 22.9 Å². The summed E-state index contributed by atoms with van der Waals surface area (Å²) in [4.78, 5) is 39.0. The zero-order chi connectivity index (χ0) is 26.6. The number of hydrogen-bond donors (Lipinski definition) is 3. The van der Waals surface area contributed by atoms with Gasteiger partial charge < -0.3 is 10.1 Å². The molecule has 12 heteroatoms. The van der Waals surface area contributed by atoms with Crippen molar-refractivity contribution in [2.24, 2.45) is 0 Å². The first-order valence-electron chi connectivity index (χ1n) is 11.4. The minimum atomic E-state index is -4.00. The number of fused-ring (bicyclic) bond motifs is 1. The lowest BCUT2D eigenvalue weighted by Crippen LogP contribution is -2.31. The molecule has 4 rings (SSSR count). The van der Waals surface area contributed by atoms with Crippen molar-refractivity contribution < 1.29 is 27.5 Å². The molecule has 9 nitrogen and oxygen atoms in total. The number of anilines is 2. The van der Waals surface area contributed by atoms with E-state index in [1.165, 1.54) is 47.7 Å². The fraction of sp³-hybridized carbons (Fsp3) is 0.240. The number of para-hydroxylation sites is 1. The van der Waals surface area contributed by atoms with Gasteiger partial charge in [0.1, 0.15) is 5.00 Å². The van der Waals surface area contributed by atoms with E-state index in [0.29, 0.717) is 11.4 Å². The molecule has 3 aromatic rings. The van der Waals surface area contributed by atoms with Crippen LogP contribution in [0.25, 0.3) is 0 Å². The van der Waals surface area contributed by atoms with Crippen molar-refractivity contribution in [1.82, 2.24) is 5.32 Å². The van der Waals surface area contributed by atoms with Crippen molar-refractivity contribution in [2.45, 2.75) is 37.0 Å². The lowest BCUT2D eigenvalue weighted by molar-refractivity contribution is 0.0937. The van der Waals surface area contributed by atoms with Gasteiger partial charge in [0.2, 0.25) is 0 Å². The van der Waals surface area contributed by atoms with E-state index in [4.69, 9.17) is 11.6 Å². The summed E-state index contributed by atoms with van der Waals surface area (Å²) in [6, 6.07) is 11.8. The van der Waals surface area contributed by atoms with E-state index >= 15 is 0 Å². The molecule has 0 unspecified atom stereocenters. The predicted molar refractivity (Wildman–Crippen MR) is 142 cm³/mol. The summed E-state index contributed by atoms with van der Waals surface area (Å²) in [7, 11) is -2.85. The SMILES string of the molecule is COC(=O)NC(=O)c1c(NC(=O)c2ccccc2NS(=O)(=O)c2ccc(Cl)cc2)sc2c1CCCCC2. The van der Waals surface area contributed by atoms with E-state index in [-0.39, 0.29) is 26.7 Å². The van der Waals surface area contributed by atoms with Crippen molar-refractivity contribution >= 4 is 61.6 Å². The number of hydrogen-bond acceptors (Lipinski definition) is 7. The van der Waals surface area contributed by atoms with Gasteiger partial charge in [-0.15, -0.1) is 11.3 Å². The molecule has 194 valence electrons. The molecule has 1 aromatic heterocycles. The van der Waals surface area contributed by atoms with Crippen LogP contribution in [0.5, 0.6) is 0 Å². The second kappa shape index (κ2) is 11.3. The molecule has 3 N–H and O–H groups in total. The number of carbonyl (C=O) groups excluding carboxylic acids is 3. The molecule has 0 aliphatic heterocycles. The zero-order valence-electron chi connectivity index (χ0n) is 19.8. The number of aryl methyl sites for hydroxylation is 1. The number of carbonyl (C=O) groups is 3. The Bertz CT molecular complexity index is 1450. The van der Waals surface area contributed by atoms with E-state index < -0.39 is 27.9 Å². The Labute approximate surface area is 223 Å². The van der Waals surface area contributed by atoms with Crippen LogP contribution in [0, 0.1) is 0 Å². The number of rotatable bonds is 6. The fourth-order valence-corrected chi connectivity index (χ4v) is 6.52. The maximum absolute atomic E-state index is 13.4. The van der Waals surface area contributed by atoms with E-state index in [1.54, 1.807) is 12.1 Å². The molecule has 0 spiro atoms. The monoisotopic (exact) mass is 561 g/mol. The first kappa shape index (κ1) is 26.6. The Kier molecular flexibility index (Phi) is 8.16. The Morgan fingerprint density at radius 2 is 1.65 bits per heavy atom. The van der Waals surface area contributed by atoms with E-state index in [0.717, 1.165) is 43.2 Å². The summed E-state index contributed by atoms with van der Waals surface area (Å²) in [5, 5.41) is 5.61. The van der Waals surface area contributed by atoms with Gasteiger partial charge >= 0.3 is 6.09 Å². The largest absolute Gasteiger partial charge is 0.453 e. The molecule has 2 aromatic carbocycles. The highest BCUT2D eigenvalue weighted by molar-refractivity contribution is 7.92. The van der Waals surface area contributed by atoms with E-state index in [2.05, 4.69) is 20.1 Å². The molecule has 3 amide bonds. The predicted octanol–water partition coefficient (Wildman–Crippen LogP) is 5.22. The lowest BCUT2D eigenvalue weighted by atomic mass is 10.0. The van der Waals surface area contributed by atoms with Crippen LogP contribution in [0.15, 0.2) is 53.4 Å². The van der Waals surface area contributed by atoms with Crippen molar-refractivity contribution in [1.29, 1.82) is 0 Å². The van der Waals surface area contributed by atoms with Crippen molar-refractivity contribution in [3.8, 4) is 0 Å². The zero-order valence-corrected chi connectivity index (χ0v) is 22.2. The van der Waals surface area contributed by atoms with Crippen LogP contribution in [0.3, 0.4) is 0 Å². The number of sulfonamides is 1. The second-order valence-corrected chi connectivity index (χ2v) is 11.5. The molecule has 1 aliphatic rings. The number of benzene rings is 2.